The number of methoxy groups -OCH3 is 1. The van der Waals surface area contributed by atoms with E-state index in [0.717, 1.165) is 68.4 Å². The number of allylic oxidation sites excluding steroid dienone is 8. The van der Waals surface area contributed by atoms with Crippen molar-refractivity contribution in [3.63, 3.8) is 0 Å². The van der Waals surface area contributed by atoms with Crippen molar-refractivity contribution >= 4 is 14.1 Å². The first-order valence-electron chi connectivity index (χ1n) is 15.3. The number of hydrogen-bond donors (Lipinski definition) is 0. The molecular weight excluding hydrogens is 524 g/mol. The summed E-state index contributed by atoms with van der Waals surface area (Å²) in [6.45, 7) is 14.9. The lowest BCUT2D eigenvalue weighted by molar-refractivity contribution is -0.111. The van der Waals surface area contributed by atoms with Crippen molar-refractivity contribution in [3.8, 4) is 5.75 Å². The highest BCUT2D eigenvalue weighted by Gasteiger charge is 2.38. The molecule has 0 aliphatic heterocycles. The second-order valence-electron chi connectivity index (χ2n) is 12.3. The van der Waals surface area contributed by atoms with Crippen molar-refractivity contribution in [2.75, 3.05) is 13.7 Å². The largest absolute Gasteiger partial charge is 0.497 e. The lowest BCUT2D eigenvalue weighted by atomic mass is 9.96. The highest BCUT2D eigenvalue weighted by molar-refractivity contribution is 6.74. The summed E-state index contributed by atoms with van der Waals surface area (Å²) in [5, 5.41) is 0.144. The van der Waals surface area contributed by atoms with E-state index in [0.29, 0.717) is 6.61 Å². The minimum Gasteiger partial charge on any atom is -0.497 e. The number of ketones is 1. The Labute approximate surface area is 251 Å². The van der Waals surface area contributed by atoms with Gasteiger partial charge in [0.2, 0.25) is 0 Å². The maximum absolute atomic E-state index is 12.7. The van der Waals surface area contributed by atoms with Gasteiger partial charge in [0.15, 0.2) is 14.1 Å². The van der Waals surface area contributed by atoms with Crippen molar-refractivity contribution in [2.24, 2.45) is 5.92 Å². The zero-order chi connectivity index (χ0) is 30.1. The van der Waals surface area contributed by atoms with Crippen molar-refractivity contribution in [2.45, 2.75) is 103 Å². The smallest absolute Gasteiger partial charge is 0.192 e. The molecule has 0 saturated carbocycles. The molecule has 0 radical (unpaired) electrons. The van der Waals surface area contributed by atoms with E-state index in [1.54, 1.807) is 13.2 Å². The van der Waals surface area contributed by atoms with Gasteiger partial charge in [-0.2, -0.15) is 0 Å². The minimum atomic E-state index is -1.93. The standard InChI is InChI=1S/C36H54O4Si/c1-8-9-10-11-12-16-19-33(40-41(6,7)36(2,3)4)25-26-34-31(22-27-35(34)37)18-15-13-14-17-28-39-29-30-20-23-32(38-5)24-21-30/h9-10,12-13,15-16,20-24,26-27,31,33H,8,11,14,17-19,25,28-29H2,1-7H3/b10-9-,15-13-,16-12-,34-26+/t31-,33-/m0/s1. The molecular formula is C36H54O4Si. The van der Waals surface area contributed by atoms with E-state index in [1.807, 2.05) is 24.3 Å². The van der Waals surface area contributed by atoms with E-state index >= 15 is 0 Å². The maximum atomic E-state index is 12.7. The molecule has 5 heteroatoms. The van der Waals surface area contributed by atoms with Gasteiger partial charge in [-0.3, -0.25) is 4.79 Å². The number of rotatable bonds is 18. The zero-order valence-corrected chi connectivity index (χ0v) is 27.7. The van der Waals surface area contributed by atoms with Crippen LogP contribution in [0.2, 0.25) is 18.1 Å². The van der Waals surface area contributed by atoms with Crippen LogP contribution in [0.5, 0.6) is 5.75 Å². The first-order chi connectivity index (χ1) is 19.6. The molecule has 0 bridgehead atoms. The number of carbonyl (C=O) groups is 1. The highest BCUT2D eigenvalue weighted by Crippen LogP contribution is 2.38. The summed E-state index contributed by atoms with van der Waals surface area (Å²) in [6, 6.07) is 7.98. The molecule has 41 heavy (non-hydrogen) atoms. The molecule has 0 fully saturated rings. The van der Waals surface area contributed by atoms with Crippen molar-refractivity contribution < 1.29 is 18.7 Å². The van der Waals surface area contributed by atoms with E-state index in [1.165, 1.54) is 0 Å². The SMILES string of the molecule is CC/C=C\C/C=C\C[C@@H](C/C=C1/C(=O)C=C[C@@H]1C/C=C\CCCOCc1ccc(OC)cc1)O[Si](C)(C)C(C)(C)C. The molecule has 0 spiro atoms. The van der Waals surface area contributed by atoms with Crippen molar-refractivity contribution in [1.29, 1.82) is 0 Å². The molecule has 1 aliphatic carbocycles. The van der Waals surface area contributed by atoms with E-state index in [-0.39, 0.29) is 22.8 Å². The quantitative estimate of drug-likeness (QED) is 0.0753. The van der Waals surface area contributed by atoms with Crippen LogP contribution in [-0.2, 0) is 20.6 Å². The Bertz CT molecular complexity index is 1050. The topological polar surface area (TPSA) is 44.8 Å². The van der Waals surface area contributed by atoms with Crippen LogP contribution in [0.1, 0.15) is 78.2 Å². The molecule has 0 saturated heterocycles. The first kappa shape index (κ1) is 34.7. The van der Waals surface area contributed by atoms with Crippen LogP contribution < -0.4 is 4.74 Å². The third-order valence-corrected chi connectivity index (χ3v) is 12.5. The summed E-state index contributed by atoms with van der Waals surface area (Å²) in [5.74, 6) is 1.15. The normalized spacial score (nSPS) is 18.1. The number of benzene rings is 1. The Morgan fingerprint density at radius 1 is 0.976 bits per heavy atom. The van der Waals surface area contributed by atoms with Gasteiger partial charge in [0, 0.05) is 18.1 Å². The first-order valence-corrected chi connectivity index (χ1v) is 18.2. The van der Waals surface area contributed by atoms with E-state index in [4.69, 9.17) is 13.9 Å². The third kappa shape index (κ3) is 12.9. The molecule has 0 aromatic heterocycles. The minimum absolute atomic E-state index is 0.0808. The predicted molar refractivity (Wildman–Crippen MR) is 176 cm³/mol. The van der Waals surface area contributed by atoms with E-state index in [2.05, 4.69) is 89.4 Å². The maximum Gasteiger partial charge on any atom is 0.192 e. The fraction of sp³-hybridized carbons (Fsp3) is 0.528. The number of carbonyl (C=O) groups excluding carboxylic acids is 1. The predicted octanol–water partition coefficient (Wildman–Crippen LogP) is 9.70. The van der Waals surface area contributed by atoms with Crippen molar-refractivity contribution in [3.05, 3.63) is 90.1 Å². The van der Waals surface area contributed by atoms with Crippen LogP contribution in [-0.4, -0.2) is 33.9 Å². The second-order valence-corrected chi connectivity index (χ2v) is 17.1. The van der Waals surface area contributed by atoms with Crippen LogP contribution in [0.15, 0.2) is 84.5 Å². The average Bonchev–Trinajstić information content (AvgIpc) is 3.28. The zero-order valence-electron chi connectivity index (χ0n) is 26.7. The fourth-order valence-corrected chi connectivity index (χ4v) is 5.73. The van der Waals surface area contributed by atoms with Crippen LogP contribution in [0.3, 0.4) is 0 Å². The summed E-state index contributed by atoms with van der Waals surface area (Å²) in [4.78, 5) is 12.7. The Morgan fingerprint density at radius 2 is 1.71 bits per heavy atom. The van der Waals surface area contributed by atoms with Crippen molar-refractivity contribution in [1.82, 2.24) is 0 Å². The number of hydrogen-bond acceptors (Lipinski definition) is 4. The summed E-state index contributed by atoms with van der Waals surface area (Å²) < 4.78 is 17.8. The van der Waals surface area contributed by atoms with Gasteiger partial charge in [0.05, 0.1) is 19.8 Å². The monoisotopic (exact) mass is 578 g/mol. The van der Waals surface area contributed by atoms with Gasteiger partial charge in [-0.05, 0) is 86.9 Å². The van der Waals surface area contributed by atoms with Gasteiger partial charge in [-0.15, -0.1) is 0 Å². The van der Waals surface area contributed by atoms with E-state index < -0.39 is 8.32 Å². The molecule has 0 amide bonds. The second kappa shape index (κ2) is 18.1. The lowest BCUT2D eigenvalue weighted by Gasteiger charge is -2.39. The Balaban J connectivity index is 1.86. The van der Waals surface area contributed by atoms with Crippen LogP contribution in [0.4, 0.5) is 0 Å². The Hall–Kier alpha value is -2.47. The molecule has 4 nitrogen and oxygen atoms in total. The molecule has 0 N–H and O–H groups in total. The van der Waals surface area contributed by atoms with Gasteiger partial charge < -0.3 is 13.9 Å². The molecule has 2 rings (SSSR count). The molecule has 2 atom stereocenters. The van der Waals surface area contributed by atoms with Gasteiger partial charge >= 0.3 is 0 Å². The summed E-state index contributed by atoms with van der Waals surface area (Å²) in [7, 11) is -0.254. The fourth-order valence-electron chi connectivity index (χ4n) is 4.35. The van der Waals surface area contributed by atoms with E-state index in [9.17, 15) is 4.79 Å². The molecule has 1 aliphatic rings. The Morgan fingerprint density at radius 3 is 2.39 bits per heavy atom. The third-order valence-electron chi connectivity index (χ3n) is 7.92. The molecule has 1 aromatic rings. The van der Waals surface area contributed by atoms with Crippen LogP contribution in [0.25, 0.3) is 0 Å². The number of unbranched alkanes of at least 4 members (excludes halogenated alkanes) is 1. The van der Waals surface area contributed by atoms with Gasteiger partial charge in [-0.25, -0.2) is 0 Å². The van der Waals surface area contributed by atoms with Crippen LogP contribution in [0, 0.1) is 5.92 Å². The summed E-state index contributed by atoms with van der Waals surface area (Å²) in [5.41, 5.74) is 2.06. The summed E-state index contributed by atoms with van der Waals surface area (Å²) >= 11 is 0. The lowest BCUT2D eigenvalue weighted by Crippen LogP contribution is -2.43. The molecule has 0 heterocycles. The number of ether oxygens (including phenoxy) is 2. The summed E-state index contributed by atoms with van der Waals surface area (Å²) in [6.07, 6.45) is 25.7. The van der Waals surface area contributed by atoms with Gasteiger partial charge in [-0.1, -0.05) is 88.4 Å². The van der Waals surface area contributed by atoms with Gasteiger partial charge in [0.25, 0.3) is 0 Å². The average molecular weight is 579 g/mol. The Kier molecular flexibility index (Phi) is 15.4. The van der Waals surface area contributed by atoms with Crippen LogP contribution >= 0.6 is 0 Å². The highest BCUT2D eigenvalue weighted by atomic mass is 28.4. The molecule has 226 valence electrons. The molecule has 1 aromatic carbocycles. The molecule has 0 unspecified atom stereocenters. The van der Waals surface area contributed by atoms with Gasteiger partial charge in [0.1, 0.15) is 5.75 Å².